The Hall–Kier alpha value is -2.73. The van der Waals surface area contributed by atoms with Gasteiger partial charge in [0.25, 0.3) is 10.0 Å². The van der Waals surface area contributed by atoms with Crippen molar-refractivity contribution in [2.75, 3.05) is 11.1 Å². The summed E-state index contributed by atoms with van der Waals surface area (Å²) in [6.07, 6.45) is 2.85. The van der Waals surface area contributed by atoms with Crippen molar-refractivity contribution in [3.05, 3.63) is 42.2 Å². The largest absolute Gasteiger partial charge is 0.381 e. The molecule has 0 radical (unpaired) electrons. The Bertz CT molecular complexity index is 1020. The van der Waals surface area contributed by atoms with Gasteiger partial charge < -0.3 is 4.18 Å². The third-order valence-electron chi connectivity index (χ3n) is 3.20. The van der Waals surface area contributed by atoms with Gasteiger partial charge >= 0.3 is 16.1 Å². The van der Waals surface area contributed by atoms with E-state index in [0.717, 1.165) is 6.07 Å². The van der Waals surface area contributed by atoms with Gasteiger partial charge in [0.15, 0.2) is 5.75 Å². The monoisotopic (exact) mass is 384 g/mol. The molecule has 1 aliphatic rings. The number of benzene rings is 1. The topological polar surface area (TPSA) is 144 Å². The number of amides is 2. The summed E-state index contributed by atoms with van der Waals surface area (Å²) >= 11 is 0. The van der Waals surface area contributed by atoms with Crippen LogP contribution in [0.1, 0.15) is 5.56 Å². The second-order valence-electron chi connectivity index (χ2n) is 4.97. The Morgan fingerprint density at radius 3 is 2.60 bits per heavy atom. The molecule has 0 atom stereocenters. The van der Waals surface area contributed by atoms with Gasteiger partial charge in [0.2, 0.25) is 5.95 Å². The quantitative estimate of drug-likeness (QED) is 0.717. The number of nitrogens with one attached hydrogen (secondary N) is 2. The van der Waals surface area contributed by atoms with Gasteiger partial charge in [0.05, 0.1) is 5.75 Å². The fourth-order valence-electron chi connectivity index (χ4n) is 2.14. The molecule has 3 rings (SSSR count). The zero-order valence-corrected chi connectivity index (χ0v) is 14.2. The lowest BCUT2D eigenvalue weighted by molar-refractivity contribution is 0.256. The summed E-state index contributed by atoms with van der Waals surface area (Å²) in [4.78, 5) is 18.9. The molecule has 0 unspecified atom stereocenters. The number of urea groups is 1. The molecule has 132 valence electrons. The van der Waals surface area contributed by atoms with Crippen LogP contribution in [-0.2, 0) is 26.6 Å². The highest BCUT2D eigenvalue weighted by molar-refractivity contribution is 7.90. The van der Waals surface area contributed by atoms with Gasteiger partial charge in [-0.3, -0.25) is 5.32 Å². The van der Waals surface area contributed by atoms with Gasteiger partial charge in [-0.2, -0.15) is 8.42 Å². The van der Waals surface area contributed by atoms with Crippen LogP contribution >= 0.6 is 0 Å². The lowest BCUT2D eigenvalue weighted by Gasteiger charge is -2.19. The van der Waals surface area contributed by atoms with Crippen LogP contribution in [0.4, 0.5) is 10.7 Å². The molecule has 10 nitrogen and oxygen atoms in total. The fraction of sp³-hybridized carbons (Fsp3) is 0.154. The smallest absolute Gasteiger partial charge is 0.335 e. The van der Waals surface area contributed by atoms with Crippen molar-refractivity contribution in [3.63, 3.8) is 0 Å². The van der Waals surface area contributed by atoms with Crippen LogP contribution in [0, 0.1) is 0 Å². The highest BCUT2D eigenvalue weighted by Gasteiger charge is 2.30. The molecule has 2 N–H and O–H groups in total. The number of sulfonamides is 1. The van der Waals surface area contributed by atoms with Gasteiger partial charge in [0.1, 0.15) is 4.90 Å². The van der Waals surface area contributed by atoms with E-state index in [1.807, 2.05) is 0 Å². The highest BCUT2D eigenvalue weighted by atomic mass is 32.2. The fourth-order valence-corrected chi connectivity index (χ4v) is 4.27. The molecule has 1 aromatic carbocycles. The lowest BCUT2D eigenvalue weighted by Crippen LogP contribution is -2.35. The molecule has 0 spiro atoms. The molecule has 0 fully saturated rings. The molecule has 1 aromatic heterocycles. The summed E-state index contributed by atoms with van der Waals surface area (Å²) in [7, 11) is -8.25. The van der Waals surface area contributed by atoms with E-state index in [0.29, 0.717) is 5.56 Å². The van der Waals surface area contributed by atoms with Gasteiger partial charge in [0, 0.05) is 12.4 Å². The number of carbonyl (C=O) groups excluding carboxylic acids is 1. The third-order valence-corrected chi connectivity index (χ3v) is 5.68. The molecular weight excluding hydrogens is 372 g/mol. The average molecular weight is 384 g/mol. The van der Waals surface area contributed by atoms with Crippen LogP contribution < -0.4 is 14.2 Å². The molecule has 2 heterocycles. The third kappa shape index (κ3) is 3.85. The summed E-state index contributed by atoms with van der Waals surface area (Å²) in [5.41, 5.74) is 0.421. The molecule has 0 saturated heterocycles. The van der Waals surface area contributed by atoms with Crippen molar-refractivity contribution in [1.29, 1.82) is 0 Å². The number of hydrogen-bond acceptors (Lipinski definition) is 8. The first kappa shape index (κ1) is 17.1. The van der Waals surface area contributed by atoms with Crippen molar-refractivity contribution >= 4 is 32.1 Å². The normalized spacial score (nSPS) is 15.5. The lowest BCUT2D eigenvalue weighted by atomic mass is 10.1. The van der Waals surface area contributed by atoms with E-state index in [1.165, 1.54) is 24.5 Å². The number of carbonyl (C=O) groups is 1. The van der Waals surface area contributed by atoms with Crippen molar-refractivity contribution in [3.8, 4) is 5.75 Å². The Balaban J connectivity index is 1.87. The minimum Gasteiger partial charge on any atom is -0.381 e. The first-order chi connectivity index (χ1) is 11.8. The predicted molar refractivity (Wildman–Crippen MR) is 85.9 cm³/mol. The first-order valence-electron chi connectivity index (χ1n) is 6.92. The predicted octanol–water partition coefficient (Wildman–Crippen LogP) is 0.252. The summed E-state index contributed by atoms with van der Waals surface area (Å²) in [6, 6.07) is 4.57. The van der Waals surface area contributed by atoms with Crippen LogP contribution in [-0.4, -0.2) is 38.6 Å². The molecule has 0 saturated carbocycles. The SMILES string of the molecule is O=C(Nc1ncccn1)NS(=O)(=O)c1cccc2c1OS(=O)(=O)CC2. The van der Waals surface area contributed by atoms with E-state index in [4.69, 9.17) is 4.18 Å². The molecule has 1 aliphatic heterocycles. The summed E-state index contributed by atoms with van der Waals surface area (Å²) in [5, 5.41) is 2.15. The number of aromatic nitrogens is 2. The number of nitrogens with zero attached hydrogens (tertiary/aromatic N) is 2. The maximum atomic E-state index is 12.4. The van der Waals surface area contributed by atoms with Crippen molar-refractivity contribution in [1.82, 2.24) is 14.7 Å². The highest BCUT2D eigenvalue weighted by Crippen LogP contribution is 2.33. The molecule has 0 aliphatic carbocycles. The molecule has 2 aromatic rings. The van der Waals surface area contributed by atoms with Gasteiger partial charge in [-0.15, -0.1) is 0 Å². The maximum absolute atomic E-state index is 12.4. The number of rotatable bonds is 3. The van der Waals surface area contributed by atoms with Crippen LogP contribution in [0.15, 0.2) is 41.6 Å². The Morgan fingerprint density at radius 1 is 1.16 bits per heavy atom. The van der Waals surface area contributed by atoms with Crippen LogP contribution in [0.2, 0.25) is 0 Å². The molecule has 25 heavy (non-hydrogen) atoms. The van der Waals surface area contributed by atoms with Gasteiger partial charge in [-0.05, 0) is 24.1 Å². The van der Waals surface area contributed by atoms with E-state index in [1.54, 1.807) is 10.8 Å². The number of anilines is 1. The molecular formula is C13H12N4O6S2. The number of fused-ring (bicyclic) bond motifs is 1. The minimum atomic E-state index is -4.38. The van der Waals surface area contributed by atoms with Crippen molar-refractivity contribution < 1.29 is 25.8 Å². The van der Waals surface area contributed by atoms with E-state index >= 15 is 0 Å². The average Bonchev–Trinajstić information content (AvgIpc) is 2.53. The maximum Gasteiger partial charge on any atom is 0.335 e. The Morgan fingerprint density at radius 2 is 1.88 bits per heavy atom. The van der Waals surface area contributed by atoms with Crippen molar-refractivity contribution in [2.24, 2.45) is 0 Å². The zero-order chi connectivity index (χ0) is 18.1. The summed E-state index contributed by atoms with van der Waals surface area (Å²) < 4.78 is 54.7. The molecule has 12 heteroatoms. The molecule has 2 amide bonds. The second kappa shape index (κ2) is 6.29. The van der Waals surface area contributed by atoms with E-state index in [9.17, 15) is 21.6 Å². The van der Waals surface area contributed by atoms with Crippen LogP contribution in [0.3, 0.4) is 0 Å². The van der Waals surface area contributed by atoms with Gasteiger partial charge in [-0.1, -0.05) is 12.1 Å². The van der Waals surface area contributed by atoms with Crippen molar-refractivity contribution in [2.45, 2.75) is 11.3 Å². The standard InChI is InChI=1S/C13H12N4O6S2/c18-13(16-12-14-6-2-7-15-12)17-25(21,22)10-4-1-3-9-5-8-24(19,20)23-11(9)10/h1-4,6-7H,5,8H2,(H2,14,15,16,17,18). The molecule has 0 bridgehead atoms. The zero-order valence-electron chi connectivity index (χ0n) is 12.5. The van der Waals surface area contributed by atoms with E-state index in [2.05, 4.69) is 15.3 Å². The number of para-hydroxylation sites is 1. The first-order valence-corrected chi connectivity index (χ1v) is 9.98. The van der Waals surface area contributed by atoms with Crippen LogP contribution in [0.25, 0.3) is 0 Å². The summed E-state index contributed by atoms with van der Waals surface area (Å²) in [6.45, 7) is 0. The second-order valence-corrected chi connectivity index (χ2v) is 8.31. The number of aryl methyl sites for hydroxylation is 1. The Labute approximate surface area is 143 Å². The van der Waals surface area contributed by atoms with Crippen LogP contribution in [0.5, 0.6) is 5.75 Å². The minimum absolute atomic E-state index is 0.0934. The Kier molecular flexibility index (Phi) is 4.30. The van der Waals surface area contributed by atoms with E-state index in [-0.39, 0.29) is 23.9 Å². The number of hydrogen-bond donors (Lipinski definition) is 2. The van der Waals surface area contributed by atoms with E-state index < -0.39 is 31.1 Å². The van der Waals surface area contributed by atoms with Gasteiger partial charge in [-0.25, -0.2) is 27.9 Å². The summed E-state index contributed by atoms with van der Waals surface area (Å²) in [5.74, 6) is -0.642.